The molecule has 1 fully saturated rings. The Balaban J connectivity index is 2.42. The Morgan fingerprint density at radius 1 is 1.41 bits per heavy atom. The number of carbonyl (C=O) groups is 1. The van der Waals surface area contributed by atoms with Gasteiger partial charge in [0.15, 0.2) is 0 Å². The van der Waals surface area contributed by atoms with Crippen molar-refractivity contribution in [2.24, 2.45) is 0 Å². The summed E-state index contributed by atoms with van der Waals surface area (Å²) in [7, 11) is 0. The zero-order chi connectivity index (χ0) is 12.9. The van der Waals surface area contributed by atoms with Crippen LogP contribution < -0.4 is 5.32 Å². The van der Waals surface area contributed by atoms with Gasteiger partial charge in [0, 0.05) is 39.3 Å². The molecule has 1 heterocycles. The van der Waals surface area contributed by atoms with Crippen molar-refractivity contribution in [2.45, 2.75) is 26.4 Å². The van der Waals surface area contributed by atoms with Crippen molar-refractivity contribution in [2.75, 3.05) is 45.8 Å². The number of rotatable bonds is 5. The van der Waals surface area contributed by atoms with Crippen LogP contribution in [0.5, 0.6) is 0 Å². The van der Waals surface area contributed by atoms with E-state index in [2.05, 4.69) is 10.2 Å². The van der Waals surface area contributed by atoms with E-state index in [0.29, 0.717) is 19.6 Å². The van der Waals surface area contributed by atoms with Gasteiger partial charge in [0.25, 0.3) is 0 Å². The SMILES string of the molecule is CCN(CC(C)(C)O)C(=O)CN1CCNCC1. The van der Waals surface area contributed by atoms with Crippen LogP contribution >= 0.6 is 0 Å². The van der Waals surface area contributed by atoms with Crippen LogP contribution in [0.3, 0.4) is 0 Å². The van der Waals surface area contributed by atoms with E-state index in [1.807, 2.05) is 6.92 Å². The molecule has 0 aromatic rings. The summed E-state index contributed by atoms with van der Waals surface area (Å²) in [4.78, 5) is 16.0. The van der Waals surface area contributed by atoms with Crippen molar-refractivity contribution in [1.29, 1.82) is 0 Å². The van der Waals surface area contributed by atoms with Crippen molar-refractivity contribution in [3.8, 4) is 0 Å². The number of likely N-dealkylation sites (N-methyl/N-ethyl adjacent to an activating group) is 1. The summed E-state index contributed by atoms with van der Waals surface area (Å²) in [6.45, 7) is 10.7. The third-order valence-corrected chi connectivity index (χ3v) is 2.88. The Morgan fingerprint density at radius 2 is 2.00 bits per heavy atom. The van der Waals surface area contributed by atoms with Gasteiger partial charge >= 0.3 is 0 Å². The average Bonchev–Trinajstić information content (AvgIpc) is 2.26. The zero-order valence-corrected chi connectivity index (χ0v) is 11.2. The minimum absolute atomic E-state index is 0.108. The number of nitrogens with zero attached hydrogens (tertiary/aromatic N) is 2. The predicted molar refractivity (Wildman–Crippen MR) is 67.9 cm³/mol. The van der Waals surface area contributed by atoms with Crippen LogP contribution in [0, 0.1) is 0 Å². The van der Waals surface area contributed by atoms with Gasteiger partial charge in [-0.05, 0) is 20.8 Å². The summed E-state index contributed by atoms with van der Waals surface area (Å²) in [6, 6.07) is 0. The second-order valence-corrected chi connectivity index (χ2v) is 5.25. The molecule has 2 N–H and O–H groups in total. The van der Waals surface area contributed by atoms with Crippen molar-refractivity contribution >= 4 is 5.91 Å². The number of hydrogen-bond acceptors (Lipinski definition) is 4. The van der Waals surface area contributed by atoms with Gasteiger partial charge in [0.1, 0.15) is 0 Å². The molecule has 1 aliphatic rings. The van der Waals surface area contributed by atoms with Gasteiger partial charge in [0.2, 0.25) is 5.91 Å². The highest BCUT2D eigenvalue weighted by Gasteiger charge is 2.23. The molecule has 5 heteroatoms. The lowest BCUT2D eigenvalue weighted by Gasteiger charge is -2.32. The largest absolute Gasteiger partial charge is 0.389 e. The van der Waals surface area contributed by atoms with Crippen molar-refractivity contribution in [1.82, 2.24) is 15.1 Å². The molecule has 0 atom stereocenters. The van der Waals surface area contributed by atoms with E-state index in [9.17, 15) is 9.90 Å². The molecule has 0 unspecified atom stereocenters. The summed E-state index contributed by atoms with van der Waals surface area (Å²) in [6.07, 6.45) is 0. The highest BCUT2D eigenvalue weighted by molar-refractivity contribution is 5.78. The first kappa shape index (κ1) is 14.4. The van der Waals surface area contributed by atoms with E-state index in [0.717, 1.165) is 26.2 Å². The molecular formula is C12H25N3O2. The molecule has 100 valence electrons. The van der Waals surface area contributed by atoms with Gasteiger partial charge in [-0.2, -0.15) is 0 Å². The minimum atomic E-state index is -0.824. The lowest BCUT2D eigenvalue weighted by molar-refractivity contribution is -0.135. The molecule has 1 aliphatic heterocycles. The first-order chi connectivity index (χ1) is 7.92. The minimum Gasteiger partial charge on any atom is -0.389 e. The third kappa shape index (κ3) is 5.48. The molecule has 1 saturated heterocycles. The van der Waals surface area contributed by atoms with E-state index in [1.54, 1.807) is 18.7 Å². The van der Waals surface area contributed by atoms with Gasteiger partial charge < -0.3 is 15.3 Å². The lowest BCUT2D eigenvalue weighted by Crippen LogP contribution is -2.50. The van der Waals surface area contributed by atoms with Gasteiger partial charge in [-0.1, -0.05) is 0 Å². The molecule has 5 nitrogen and oxygen atoms in total. The molecule has 0 radical (unpaired) electrons. The van der Waals surface area contributed by atoms with Crippen LogP contribution in [-0.2, 0) is 4.79 Å². The first-order valence-corrected chi connectivity index (χ1v) is 6.35. The van der Waals surface area contributed by atoms with Crippen LogP contribution in [-0.4, -0.2) is 72.2 Å². The normalized spacial score (nSPS) is 18.1. The fourth-order valence-electron chi connectivity index (χ4n) is 2.00. The topological polar surface area (TPSA) is 55.8 Å². The standard InChI is InChI=1S/C12H25N3O2/c1-4-15(10-12(2,3)17)11(16)9-14-7-5-13-6-8-14/h13,17H,4-10H2,1-3H3. The molecule has 0 bridgehead atoms. The van der Waals surface area contributed by atoms with Crippen LogP contribution in [0.1, 0.15) is 20.8 Å². The van der Waals surface area contributed by atoms with Crippen LogP contribution in [0.2, 0.25) is 0 Å². The Bertz CT molecular complexity index is 245. The Kier molecular flexibility index (Phi) is 5.36. The average molecular weight is 243 g/mol. The molecule has 1 amide bonds. The summed E-state index contributed by atoms with van der Waals surface area (Å²) in [5, 5.41) is 13.0. The fourth-order valence-corrected chi connectivity index (χ4v) is 2.00. The highest BCUT2D eigenvalue weighted by Crippen LogP contribution is 2.06. The summed E-state index contributed by atoms with van der Waals surface area (Å²) >= 11 is 0. The van der Waals surface area contributed by atoms with Crippen LogP contribution in [0.15, 0.2) is 0 Å². The Morgan fingerprint density at radius 3 is 2.47 bits per heavy atom. The maximum absolute atomic E-state index is 12.1. The second kappa shape index (κ2) is 6.33. The predicted octanol–water partition coefficient (Wildman–Crippen LogP) is -0.489. The number of aliphatic hydroxyl groups is 1. The van der Waals surface area contributed by atoms with Gasteiger partial charge in [-0.25, -0.2) is 0 Å². The van der Waals surface area contributed by atoms with Crippen LogP contribution in [0.25, 0.3) is 0 Å². The fraction of sp³-hybridized carbons (Fsp3) is 0.917. The molecule has 0 aliphatic carbocycles. The molecule has 0 saturated carbocycles. The molecule has 0 spiro atoms. The van der Waals surface area contributed by atoms with Crippen molar-refractivity contribution < 1.29 is 9.90 Å². The zero-order valence-electron chi connectivity index (χ0n) is 11.2. The number of piperazine rings is 1. The molecule has 17 heavy (non-hydrogen) atoms. The van der Waals surface area contributed by atoms with E-state index in [-0.39, 0.29) is 5.91 Å². The van der Waals surface area contributed by atoms with E-state index < -0.39 is 5.60 Å². The number of hydrogen-bond donors (Lipinski definition) is 2. The second-order valence-electron chi connectivity index (χ2n) is 5.25. The van der Waals surface area contributed by atoms with E-state index in [4.69, 9.17) is 0 Å². The van der Waals surface area contributed by atoms with Gasteiger partial charge in [-0.15, -0.1) is 0 Å². The summed E-state index contributed by atoms with van der Waals surface area (Å²) in [5.74, 6) is 0.108. The van der Waals surface area contributed by atoms with Crippen molar-refractivity contribution in [3.05, 3.63) is 0 Å². The lowest BCUT2D eigenvalue weighted by atomic mass is 10.1. The quantitative estimate of drug-likeness (QED) is 0.684. The van der Waals surface area contributed by atoms with E-state index in [1.165, 1.54) is 0 Å². The number of carbonyl (C=O) groups excluding carboxylic acids is 1. The Hall–Kier alpha value is -0.650. The summed E-state index contributed by atoms with van der Waals surface area (Å²) < 4.78 is 0. The summed E-state index contributed by atoms with van der Waals surface area (Å²) in [5.41, 5.74) is -0.824. The molecule has 1 rings (SSSR count). The van der Waals surface area contributed by atoms with Gasteiger partial charge in [0.05, 0.1) is 12.1 Å². The molecular weight excluding hydrogens is 218 g/mol. The third-order valence-electron chi connectivity index (χ3n) is 2.88. The van der Waals surface area contributed by atoms with Gasteiger partial charge in [-0.3, -0.25) is 9.69 Å². The Labute approximate surface area is 104 Å². The van der Waals surface area contributed by atoms with E-state index >= 15 is 0 Å². The molecule has 0 aromatic heterocycles. The number of amides is 1. The monoisotopic (exact) mass is 243 g/mol. The highest BCUT2D eigenvalue weighted by atomic mass is 16.3. The maximum Gasteiger partial charge on any atom is 0.236 e. The maximum atomic E-state index is 12.1. The molecule has 0 aromatic carbocycles. The smallest absolute Gasteiger partial charge is 0.236 e. The first-order valence-electron chi connectivity index (χ1n) is 6.35. The van der Waals surface area contributed by atoms with Crippen LogP contribution in [0.4, 0.5) is 0 Å². The number of nitrogens with one attached hydrogen (secondary N) is 1. The van der Waals surface area contributed by atoms with Crippen molar-refractivity contribution in [3.63, 3.8) is 0 Å².